The van der Waals surface area contributed by atoms with Crippen LogP contribution in [0.5, 0.6) is 0 Å². The number of likely N-dealkylation sites (tertiary alicyclic amines) is 1. The van der Waals surface area contributed by atoms with Crippen molar-refractivity contribution in [2.45, 2.75) is 16.9 Å². The second-order valence-corrected chi connectivity index (χ2v) is 7.46. The number of benzene rings is 1. The number of hydrogen-bond acceptors (Lipinski definition) is 4. The maximum Gasteiger partial charge on any atom is 0.244 e. The summed E-state index contributed by atoms with van der Waals surface area (Å²) >= 11 is 0. The van der Waals surface area contributed by atoms with E-state index in [4.69, 9.17) is 4.74 Å². The van der Waals surface area contributed by atoms with E-state index in [-0.39, 0.29) is 0 Å². The molecule has 0 aliphatic carbocycles. The van der Waals surface area contributed by atoms with Crippen LogP contribution in [0.15, 0.2) is 29.2 Å². The molecule has 1 aromatic rings. The van der Waals surface area contributed by atoms with Gasteiger partial charge in [-0.1, -0.05) is 18.2 Å². The van der Waals surface area contributed by atoms with E-state index in [1.54, 1.807) is 30.6 Å². The number of methoxy groups -OCH3 is 1. The van der Waals surface area contributed by atoms with Crippen LogP contribution in [0.2, 0.25) is 0 Å². The lowest BCUT2D eigenvalue weighted by atomic mass is 9.89. The molecular formula is C14H20N2O3S. The molecule has 0 N–H and O–H groups in total. The zero-order valence-corrected chi connectivity index (χ0v) is 12.7. The van der Waals surface area contributed by atoms with E-state index in [0.29, 0.717) is 11.5 Å². The highest BCUT2D eigenvalue weighted by molar-refractivity contribution is 7.89. The first-order valence-electron chi connectivity index (χ1n) is 6.82. The summed E-state index contributed by atoms with van der Waals surface area (Å²) in [6, 6.07) is 7.39. The standard InChI is InChI=1S/C14H20N2O3S/c1-15-14(7-8-16(11-14)9-10-19-2)12-5-3-4-6-13(12)20(15,17)18/h3-6H,7-11H2,1-2H3/t14-/m0/s1. The average Bonchev–Trinajstić information content (AvgIpc) is 2.95. The van der Waals surface area contributed by atoms with Crippen LogP contribution in [-0.4, -0.2) is 58.0 Å². The zero-order chi connectivity index (χ0) is 14.4. The third-order valence-corrected chi connectivity index (χ3v) is 6.55. The van der Waals surface area contributed by atoms with Crippen molar-refractivity contribution in [3.8, 4) is 0 Å². The fourth-order valence-corrected chi connectivity index (χ4v) is 5.17. The highest BCUT2D eigenvalue weighted by Crippen LogP contribution is 2.48. The molecule has 6 heteroatoms. The Hall–Kier alpha value is -0.950. The van der Waals surface area contributed by atoms with Gasteiger partial charge in [0.1, 0.15) is 0 Å². The number of rotatable bonds is 3. The first kappa shape index (κ1) is 14.0. The lowest BCUT2D eigenvalue weighted by molar-refractivity contribution is 0.149. The molecule has 2 aliphatic rings. The highest BCUT2D eigenvalue weighted by atomic mass is 32.2. The molecule has 1 saturated heterocycles. The molecule has 0 aromatic heterocycles. The third-order valence-electron chi connectivity index (χ3n) is 4.57. The Morgan fingerprint density at radius 3 is 2.85 bits per heavy atom. The SMILES string of the molecule is COCCN1CC[C@]2(C1)c1ccccc1S(=O)(=O)N2C. The molecular weight excluding hydrogens is 276 g/mol. The van der Waals surface area contributed by atoms with Gasteiger partial charge in [-0.05, 0) is 18.1 Å². The number of nitrogens with zero attached hydrogens (tertiary/aromatic N) is 2. The van der Waals surface area contributed by atoms with Crippen molar-refractivity contribution in [2.75, 3.05) is 40.4 Å². The molecule has 5 nitrogen and oxygen atoms in total. The van der Waals surface area contributed by atoms with E-state index in [1.165, 1.54) is 0 Å². The summed E-state index contributed by atoms with van der Waals surface area (Å²) in [5, 5.41) is 0. The molecule has 3 rings (SSSR count). The molecule has 1 fully saturated rings. The van der Waals surface area contributed by atoms with Crippen LogP contribution in [0.4, 0.5) is 0 Å². The van der Waals surface area contributed by atoms with Gasteiger partial charge in [0.2, 0.25) is 10.0 Å². The summed E-state index contributed by atoms with van der Waals surface area (Å²) in [4.78, 5) is 2.74. The second kappa shape index (κ2) is 4.80. The van der Waals surface area contributed by atoms with Crippen LogP contribution in [0.1, 0.15) is 12.0 Å². The van der Waals surface area contributed by atoms with E-state index >= 15 is 0 Å². The zero-order valence-electron chi connectivity index (χ0n) is 11.9. The highest BCUT2D eigenvalue weighted by Gasteiger charge is 2.54. The predicted octanol–water partition coefficient (Wildman–Crippen LogP) is 0.868. The number of ether oxygens (including phenoxy) is 1. The van der Waals surface area contributed by atoms with Gasteiger partial charge in [0, 0.05) is 33.8 Å². The topological polar surface area (TPSA) is 49.9 Å². The molecule has 0 saturated carbocycles. The van der Waals surface area contributed by atoms with E-state index in [1.807, 2.05) is 12.1 Å². The lowest BCUT2D eigenvalue weighted by Gasteiger charge is -2.31. The summed E-state index contributed by atoms with van der Waals surface area (Å²) in [5.74, 6) is 0. The molecule has 110 valence electrons. The number of hydrogen-bond donors (Lipinski definition) is 0. The normalized spacial score (nSPS) is 29.1. The lowest BCUT2D eigenvalue weighted by Crippen LogP contribution is -2.43. The van der Waals surface area contributed by atoms with Crippen LogP contribution >= 0.6 is 0 Å². The minimum atomic E-state index is -3.34. The fourth-order valence-electron chi connectivity index (χ4n) is 3.38. The quantitative estimate of drug-likeness (QED) is 0.830. The van der Waals surface area contributed by atoms with E-state index in [2.05, 4.69) is 4.90 Å². The molecule has 0 bridgehead atoms. The molecule has 2 aliphatic heterocycles. The summed E-state index contributed by atoms with van der Waals surface area (Å²) in [6.07, 6.45) is 0.837. The first-order valence-corrected chi connectivity index (χ1v) is 8.26. The third kappa shape index (κ3) is 1.83. The summed E-state index contributed by atoms with van der Waals surface area (Å²) in [7, 11) is 0.0467. The Morgan fingerprint density at radius 2 is 2.10 bits per heavy atom. The van der Waals surface area contributed by atoms with Crippen LogP contribution in [0.3, 0.4) is 0 Å². The Morgan fingerprint density at radius 1 is 1.35 bits per heavy atom. The van der Waals surface area contributed by atoms with Gasteiger partial charge < -0.3 is 4.74 Å². The Bertz CT molecular complexity index is 617. The largest absolute Gasteiger partial charge is 0.383 e. The van der Waals surface area contributed by atoms with Gasteiger partial charge in [0.05, 0.1) is 17.0 Å². The predicted molar refractivity (Wildman–Crippen MR) is 76.0 cm³/mol. The van der Waals surface area contributed by atoms with Crippen molar-refractivity contribution >= 4 is 10.0 Å². The minimum Gasteiger partial charge on any atom is -0.383 e. The van der Waals surface area contributed by atoms with E-state index < -0.39 is 15.6 Å². The summed E-state index contributed by atoms with van der Waals surface area (Å²) in [5.41, 5.74) is 0.547. The van der Waals surface area contributed by atoms with Gasteiger partial charge in [-0.2, -0.15) is 4.31 Å². The minimum absolute atomic E-state index is 0.400. The molecule has 20 heavy (non-hydrogen) atoms. The fraction of sp³-hybridized carbons (Fsp3) is 0.571. The molecule has 0 radical (unpaired) electrons. The van der Waals surface area contributed by atoms with Crippen molar-refractivity contribution < 1.29 is 13.2 Å². The molecule has 0 amide bonds. The molecule has 2 heterocycles. The summed E-state index contributed by atoms with van der Waals surface area (Å²) in [6.45, 7) is 3.16. The van der Waals surface area contributed by atoms with Gasteiger partial charge in [0.15, 0.2) is 0 Å². The summed E-state index contributed by atoms with van der Waals surface area (Å²) < 4.78 is 31.8. The number of fused-ring (bicyclic) bond motifs is 2. The van der Waals surface area contributed by atoms with Crippen molar-refractivity contribution in [1.82, 2.24) is 9.21 Å². The Kier molecular flexibility index (Phi) is 3.36. The maximum atomic E-state index is 12.5. The van der Waals surface area contributed by atoms with Crippen LogP contribution in [-0.2, 0) is 20.3 Å². The molecule has 1 spiro atoms. The molecule has 1 atom stereocenters. The van der Waals surface area contributed by atoms with Crippen molar-refractivity contribution in [3.63, 3.8) is 0 Å². The smallest absolute Gasteiger partial charge is 0.244 e. The van der Waals surface area contributed by atoms with Gasteiger partial charge in [-0.25, -0.2) is 8.42 Å². The second-order valence-electron chi connectivity index (χ2n) is 5.52. The van der Waals surface area contributed by atoms with E-state index in [0.717, 1.165) is 31.6 Å². The van der Waals surface area contributed by atoms with Crippen LogP contribution < -0.4 is 0 Å². The average molecular weight is 296 g/mol. The van der Waals surface area contributed by atoms with Crippen molar-refractivity contribution in [3.05, 3.63) is 29.8 Å². The van der Waals surface area contributed by atoms with Crippen molar-refractivity contribution in [1.29, 1.82) is 0 Å². The molecule has 0 unspecified atom stereocenters. The Balaban J connectivity index is 1.99. The van der Waals surface area contributed by atoms with Gasteiger partial charge in [0.25, 0.3) is 0 Å². The monoisotopic (exact) mass is 296 g/mol. The number of likely N-dealkylation sites (N-methyl/N-ethyl adjacent to an activating group) is 1. The first-order chi connectivity index (χ1) is 9.52. The van der Waals surface area contributed by atoms with Gasteiger partial charge in [-0.15, -0.1) is 0 Å². The van der Waals surface area contributed by atoms with Crippen molar-refractivity contribution in [2.24, 2.45) is 0 Å². The van der Waals surface area contributed by atoms with Crippen LogP contribution in [0, 0.1) is 0 Å². The maximum absolute atomic E-state index is 12.5. The van der Waals surface area contributed by atoms with E-state index in [9.17, 15) is 8.42 Å². The molecule has 1 aromatic carbocycles. The number of sulfonamides is 1. The van der Waals surface area contributed by atoms with Crippen LogP contribution in [0.25, 0.3) is 0 Å². The van der Waals surface area contributed by atoms with Gasteiger partial charge >= 0.3 is 0 Å². The van der Waals surface area contributed by atoms with Gasteiger partial charge in [-0.3, -0.25) is 4.90 Å². The Labute approximate surface area is 120 Å².